The van der Waals surface area contributed by atoms with Crippen LogP contribution in [0.25, 0.3) is 0 Å². The van der Waals surface area contributed by atoms with Crippen molar-refractivity contribution < 1.29 is 14.3 Å². The fourth-order valence-corrected chi connectivity index (χ4v) is 1.37. The van der Waals surface area contributed by atoms with Gasteiger partial charge in [-0.05, 0) is 6.92 Å². The van der Waals surface area contributed by atoms with Crippen molar-refractivity contribution in [3.05, 3.63) is 18.5 Å². The van der Waals surface area contributed by atoms with E-state index < -0.39 is 6.09 Å². The molecule has 0 aliphatic rings. The van der Waals surface area contributed by atoms with E-state index in [1.165, 1.54) is 17.1 Å². The number of carbonyl (C=O) groups is 2. The minimum atomic E-state index is -0.624. The zero-order chi connectivity index (χ0) is 14.4. The minimum Gasteiger partial charge on any atom is -0.450 e. The van der Waals surface area contributed by atoms with E-state index in [9.17, 15) is 9.59 Å². The van der Waals surface area contributed by atoms with Gasteiger partial charge >= 0.3 is 6.09 Å². The summed E-state index contributed by atoms with van der Waals surface area (Å²) in [6.07, 6.45) is 2.32. The number of hydrogen-bond acceptors (Lipinski definition) is 6. The smallest absolute Gasteiger partial charge is 0.412 e. The molecule has 0 atom stereocenters. The molecule has 2 heterocycles. The maximum absolute atomic E-state index is 11.7. The van der Waals surface area contributed by atoms with Crippen molar-refractivity contribution in [3.8, 4) is 0 Å². The van der Waals surface area contributed by atoms with E-state index in [0.717, 1.165) is 0 Å². The Hall–Kier alpha value is -2.91. The number of hydrogen-bond donors (Lipinski definition) is 3. The maximum atomic E-state index is 11.7. The Balaban J connectivity index is 1.86. The fraction of sp³-hybridized carbons (Fsp3) is 0.300. The topological polar surface area (TPSA) is 127 Å². The van der Waals surface area contributed by atoms with Crippen molar-refractivity contribution in [1.82, 2.24) is 25.2 Å². The second kappa shape index (κ2) is 6.31. The van der Waals surface area contributed by atoms with Crippen molar-refractivity contribution >= 4 is 23.6 Å². The zero-order valence-corrected chi connectivity index (χ0v) is 10.7. The molecule has 2 aromatic rings. The lowest BCUT2D eigenvalue weighted by molar-refractivity contribution is -0.116. The molecule has 0 unspecified atom stereocenters. The molecule has 0 aliphatic carbocycles. The number of anilines is 2. The second-order valence-corrected chi connectivity index (χ2v) is 3.67. The lowest BCUT2D eigenvalue weighted by Crippen LogP contribution is -2.19. The van der Waals surface area contributed by atoms with Crippen LogP contribution >= 0.6 is 0 Å². The van der Waals surface area contributed by atoms with Gasteiger partial charge in [0.25, 0.3) is 0 Å². The van der Waals surface area contributed by atoms with Crippen molar-refractivity contribution in [2.45, 2.75) is 13.5 Å². The first kappa shape index (κ1) is 13.5. The number of aromatic nitrogens is 5. The summed E-state index contributed by atoms with van der Waals surface area (Å²) in [5.41, 5.74) is 0. The predicted octanol–water partition coefficient (Wildman–Crippen LogP) is 0.208. The first-order valence-corrected chi connectivity index (χ1v) is 5.80. The Labute approximate surface area is 113 Å². The summed E-state index contributed by atoms with van der Waals surface area (Å²) < 4.78 is 5.97. The van der Waals surface area contributed by atoms with Gasteiger partial charge in [0.2, 0.25) is 5.91 Å². The molecule has 106 valence electrons. The molecular formula is C10H13N7O3. The molecule has 10 nitrogen and oxygen atoms in total. The number of nitrogens with one attached hydrogen (secondary N) is 3. The first-order valence-electron chi connectivity index (χ1n) is 5.80. The third-order valence-electron chi connectivity index (χ3n) is 2.12. The summed E-state index contributed by atoms with van der Waals surface area (Å²) in [5, 5.41) is 18.7. The highest BCUT2D eigenvalue weighted by molar-refractivity contribution is 5.89. The van der Waals surface area contributed by atoms with Crippen molar-refractivity contribution in [2.24, 2.45) is 0 Å². The highest BCUT2D eigenvalue weighted by Crippen LogP contribution is 2.02. The molecule has 20 heavy (non-hydrogen) atoms. The van der Waals surface area contributed by atoms with Crippen LogP contribution in [0.5, 0.6) is 0 Å². The van der Waals surface area contributed by atoms with Gasteiger partial charge < -0.3 is 10.1 Å². The predicted molar refractivity (Wildman–Crippen MR) is 67.9 cm³/mol. The molecule has 0 radical (unpaired) electrons. The molecule has 0 saturated heterocycles. The number of amides is 2. The Morgan fingerprint density at radius 1 is 1.45 bits per heavy atom. The van der Waals surface area contributed by atoms with Crippen molar-refractivity contribution in [1.29, 1.82) is 0 Å². The van der Waals surface area contributed by atoms with Gasteiger partial charge in [-0.3, -0.25) is 15.2 Å². The summed E-state index contributed by atoms with van der Waals surface area (Å²) in [6, 6.07) is 1.62. The Morgan fingerprint density at radius 2 is 2.30 bits per heavy atom. The van der Waals surface area contributed by atoms with Gasteiger partial charge in [0, 0.05) is 6.07 Å². The van der Waals surface area contributed by atoms with Crippen LogP contribution in [-0.2, 0) is 16.1 Å². The average molecular weight is 279 g/mol. The van der Waals surface area contributed by atoms with Gasteiger partial charge in [0.1, 0.15) is 12.4 Å². The molecule has 0 fully saturated rings. The molecule has 3 N–H and O–H groups in total. The summed E-state index contributed by atoms with van der Waals surface area (Å²) in [6.45, 7) is 1.90. The van der Waals surface area contributed by atoms with Gasteiger partial charge in [-0.1, -0.05) is 5.21 Å². The van der Waals surface area contributed by atoms with E-state index in [4.69, 9.17) is 0 Å². The monoisotopic (exact) mass is 279 g/mol. The number of carbonyl (C=O) groups excluding carboxylic acids is 2. The van der Waals surface area contributed by atoms with E-state index in [1.807, 2.05) is 0 Å². The van der Waals surface area contributed by atoms with Crippen LogP contribution in [0, 0.1) is 0 Å². The van der Waals surface area contributed by atoms with Crippen LogP contribution in [0.1, 0.15) is 6.92 Å². The lowest BCUT2D eigenvalue weighted by Gasteiger charge is -2.01. The molecule has 0 aromatic carbocycles. The van der Waals surface area contributed by atoms with Crippen molar-refractivity contribution in [2.75, 3.05) is 17.2 Å². The maximum Gasteiger partial charge on any atom is 0.412 e. The molecule has 2 rings (SSSR count). The standard InChI is InChI=1S/C10H13N7O3/c1-2-20-10(19)13-8-5-17(16-15-8)6-9(18)12-7-3-4-11-14-7/h3-5H,2,6H2,1H3,(H,13,19)(H2,11,12,14,18). The highest BCUT2D eigenvalue weighted by atomic mass is 16.5. The molecule has 2 aromatic heterocycles. The average Bonchev–Trinajstić information content (AvgIpc) is 3.02. The largest absolute Gasteiger partial charge is 0.450 e. The van der Waals surface area contributed by atoms with Crippen LogP contribution in [0.3, 0.4) is 0 Å². The SMILES string of the molecule is CCOC(=O)Nc1cn(CC(=O)Nc2ccn[nH]2)nn1. The van der Waals surface area contributed by atoms with Gasteiger partial charge in [0.05, 0.1) is 19.0 Å². The van der Waals surface area contributed by atoms with E-state index in [2.05, 4.69) is 35.9 Å². The number of nitrogens with zero attached hydrogens (tertiary/aromatic N) is 4. The zero-order valence-electron chi connectivity index (χ0n) is 10.7. The normalized spacial score (nSPS) is 10.1. The van der Waals surface area contributed by atoms with Crippen LogP contribution < -0.4 is 10.6 Å². The van der Waals surface area contributed by atoms with Gasteiger partial charge in [-0.2, -0.15) is 5.10 Å². The summed E-state index contributed by atoms with van der Waals surface area (Å²) in [5.74, 6) is 0.389. The second-order valence-electron chi connectivity index (χ2n) is 3.67. The summed E-state index contributed by atoms with van der Waals surface area (Å²) in [4.78, 5) is 22.8. The molecule has 0 bridgehead atoms. The number of rotatable bonds is 5. The molecule has 10 heteroatoms. The van der Waals surface area contributed by atoms with Gasteiger partial charge in [0.15, 0.2) is 5.82 Å². The number of aromatic amines is 1. The minimum absolute atomic E-state index is 0.0451. The Kier molecular flexibility index (Phi) is 4.27. The van der Waals surface area contributed by atoms with E-state index in [-0.39, 0.29) is 24.9 Å². The van der Waals surface area contributed by atoms with Crippen molar-refractivity contribution in [3.63, 3.8) is 0 Å². The molecule has 0 aliphatic heterocycles. The lowest BCUT2D eigenvalue weighted by atomic mass is 10.5. The third-order valence-corrected chi connectivity index (χ3v) is 2.12. The summed E-state index contributed by atoms with van der Waals surface area (Å²) >= 11 is 0. The number of ether oxygens (including phenoxy) is 1. The molecule has 0 spiro atoms. The fourth-order valence-electron chi connectivity index (χ4n) is 1.37. The first-order chi connectivity index (χ1) is 9.67. The Morgan fingerprint density at radius 3 is 3.00 bits per heavy atom. The summed E-state index contributed by atoms with van der Waals surface area (Å²) in [7, 11) is 0. The van der Waals surface area contributed by atoms with Crippen LogP contribution in [0.2, 0.25) is 0 Å². The highest BCUT2D eigenvalue weighted by Gasteiger charge is 2.09. The molecule has 2 amide bonds. The number of H-pyrrole nitrogens is 1. The van der Waals surface area contributed by atoms with Gasteiger partial charge in [-0.25, -0.2) is 9.48 Å². The molecule has 0 saturated carbocycles. The van der Waals surface area contributed by atoms with E-state index >= 15 is 0 Å². The van der Waals surface area contributed by atoms with E-state index in [1.54, 1.807) is 13.0 Å². The van der Waals surface area contributed by atoms with Crippen LogP contribution in [0.15, 0.2) is 18.5 Å². The van der Waals surface area contributed by atoms with Gasteiger partial charge in [-0.15, -0.1) is 5.10 Å². The molecular weight excluding hydrogens is 266 g/mol. The quantitative estimate of drug-likeness (QED) is 0.718. The third kappa shape index (κ3) is 3.80. The van der Waals surface area contributed by atoms with Crippen LogP contribution in [-0.4, -0.2) is 43.8 Å². The van der Waals surface area contributed by atoms with E-state index in [0.29, 0.717) is 5.82 Å². The Bertz CT molecular complexity index is 577. The van der Waals surface area contributed by atoms with Crippen LogP contribution in [0.4, 0.5) is 16.4 Å².